The highest BCUT2D eigenvalue weighted by Crippen LogP contribution is 2.36. The molecule has 1 saturated heterocycles. The van der Waals surface area contributed by atoms with Gasteiger partial charge < -0.3 is 5.73 Å². The molecule has 1 atom stereocenters. The van der Waals surface area contributed by atoms with Crippen LogP contribution in [0, 0.1) is 0 Å². The summed E-state index contributed by atoms with van der Waals surface area (Å²) in [5, 5.41) is -0.531. The number of benzene rings is 1. The van der Waals surface area contributed by atoms with E-state index in [0.717, 1.165) is 16.4 Å². The number of sulfonamides is 1. The minimum absolute atomic E-state index is 0.103. The first-order valence-corrected chi connectivity index (χ1v) is 8.06. The number of alkyl halides is 3. The van der Waals surface area contributed by atoms with Crippen LogP contribution in [0.25, 0.3) is 0 Å². The van der Waals surface area contributed by atoms with Gasteiger partial charge in [-0.25, -0.2) is 8.42 Å². The molecule has 1 aromatic rings. The normalized spacial score (nSPS) is 21.5. The van der Waals surface area contributed by atoms with E-state index in [4.69, 9.17) is 17.3 Å². The zero-order valence-corrected chi connectivity index (χ0v) is 12.5. The van der Waals surface area contributed by atoms with Gasteiger partial charge in [0, 0.05) is 19.1 Å². The van der Waals surface area contributed by atoms with Gasteiger partial charge in [-0.2, -0.15) is 17.5 Å². The lowest BCUT2D eigenvalue weighted by atomic mass is 10.1. The van der Waals surface area contributed by atoms with Crippen LogP contribution in [0.15, 0.2) is 23.1 Å². The maximum atomic E-state index is 12.8. The lowest BCUT2D eigenvalue weighted by Gasteiger charge is -2.30. The molecule has 2 rings (SSSR count). The van der Waals surface area contributed by atoms with Gasteiger partial charge in [-0.1, -0.05) is 11.6 Å². The second kappa shape index (κ2) is 5.75. The highest BCUT2D eigenvalue weighted by molar-refractivity contribution is 7.89. The van der Waals surface area contributed by atoms with Gasteiger partial charge in [0.05, 0.1) is 15.5 Å². The number of nitrogens with two attached hydrogens (primary N) is 1. The van der Waals surface area contributed by atoms with Gasteiger partial charge in [0.15, 0.2) is 0 Å². The topological polar surface area (TPSA) is 63.4 Å². The monoisotopic (exact) mass is 342 g/mol. The van der Waals surface area contributed by atoms with E-state index in [0.29, 0.717) is 18.9 Å². The first-order chi connectivity index (χ1) is 9.62. The van der Waals surface area contributed by atoms with E-state index in [9.17, 15) is 21.6 Å². The summed E-state index contributed by atoms with van der Waals surface area (Å²) in [6.07, 6.45) is -3.43. The third kappa shape index (κ3) is 3.50. The van der Waals surface area contributed by atoms with Gasteiger partial charge >= 0.3 is 6.18 Å². The molecule has 1 aliphatic heterocycles. The minimum Gasteiger partial charge on any atom is -0.327 e. The number of nitrogens with zero attached hydrogens (tertiary/aromatic N) is 1. The average Bonchev–Trinajstić information content (AvgIpc) is 2.37. The molecule has 0 spiro atoms. The van der Waals surface area contributed by atoms with Crippen LogP contribution in [0.1, 0.15) is 18.4 Å². The Bertz CT molecular complexity index is 634. The van der Waals surface area contributed by atoms with Gasteiger partial charge in [-0.15, -0.1) is 0 Å². The van der Waals surface area contributed by atoms with Crippen LogP contribution in [-0.2, 0) is 16.2 Å². The fourth-order valence-corrected chi connectivity index (χ4v) is 4.01. The summed E-state index contributed by atoms with van der Waals surface area (Å²) in [7, 11) is -4.00. The summed E-state index contributed by atoms with van der Waals surface area (Å²) in [5.74, 6) is 0. The number of rotatable bonds is 2. The molecule has 1 aliphatic rings. The Balaban J connectivity index is 2.41. The van der Waals surface area contributed by atoms with E-state index in [1.165, 1.54) is 0 Å². The average molecular weight is 343 g/mol. The molecule has 4 nitrogen and oxygen atoms in total. The standard InChI is InChI=1S/C12H14ClF3N2O2S/c13-11-4-3-9(6-10(11)12(14,15)16)21(19,20)18-5-1-2-8(17)7-18/h3-4,6,8H,1-2,5,7,17H2/t8-/m1/s1. The van der Waals surface area contributed by atoms with Gasteiger partial charge in [-0.3, -0.25) is 0 Å². The van der Waals surface area contributed by atoms with Crippen LogP contribution in [0.2, 0.25) is 5.02 Å². The molecule has 0 radical (unpaired) electrons. The van der Waals surface area contributed by atoms with E-state index < -0.39 is 31.7 Å². The third-order valence-corrected chi connectivity index (χ3v) is 5.49. The number of hydrogen-bond donors (Lipinski definition) is 1. The summed E-state index contributed by atoms with van der Waals surface area (Å²) >= 11 is 5.49. The van der Waals surface area contributed by atoms with Crippen LogP contribution in [-0.4, -0.2) is 31.9 Å². The summed E-state index contributed by atoms with van der Waals surface area (Å²) in [6, 6.07) is 2.29. The molecule has 9 heteroatoms. The van der Waals surface area contributed by atoms with Gasteiger partial charge in [0.25, 0.3) is 0 Å². The molecule has 0 amide bonds. The minimum atomic E-state index is -4.71. The Morgan fingerprint density at radius 1 is 1.33 bits per heavy atom. The van der Waals surface area contributed by atoms with Crippen molar-refractivity contribution < 1.29 is 21.6 Å². The van der Waals surface area contributed by atoms with Crippen molar-refractivity contribution in [1.29, 1.82) is 0 Å². The van der Waals surface area contributed by atoms with E-state index in [2.05, 4.69) is 0 Å². The fraction of sp³-hybridized carbons (Fsp3) is 0.500. The van der Waals surface area contributed by atoms with Crippen LogP contribution in [0.4, 0.5) is 13.2 Å². The Labute approximate surface area is 125 Å². The van der Waals surface area contributed by atoms with Crippen molar-refractivity contribution in [2.24, 2.45) is 5.73 Å². The molecular weight excluding hydrogens is 329 g/mol. The second-order valence-corrected chi connectivity index (χ2v) is 7.25. The Morgan fingerprint density at radius 3 is 2.57 bits per heavy atom. The largest absolute Gasteiger partial charge is 0.417 e. The van der Waals surface area contributed by atoms with Crippen LogP contribution < -0.4 is 5.73 Å². The lowest BCUT2D eigenvalue weighted by Crippen LogP contribution is -2.45. The molecule has 118 valence electrons. The molecule has 21 heavy (non-hydrogen) atoms. The van der Waals surface area contributed by atoms with Crippen molar-refractivity contribution in [3.8, 4) is 0 Å². The molecule has 1 fully saturated rings. The molecule has 1 heterocycles. The first-order valence-electron chi connectivity index (χ1n) is 6.25. The van der Waals surface area contributed by atoms with Crippen molar-refractivity contribution >= 4 is 21.6 Å². The highest BCUT2D eigenvalue weighted by Gasteiger charge is 2.36. The van der Waals surface area contributed by atoms with Crippen molar-refractivity contribution in [2.75, 3.05) is 13.1 Å². The van der Waals surface area contributed by atoms with Gasteiger partial charge in [0.1, 0.15) is 0 Å². The van der Waals surface area contributed by atoms with Crippen LogP contribution >= 0.6 is 11.6 Å². The van der Waals surface area contributed by atoms with Crippen molar-refractivity contribution in [2.45, 2.75) is 30.0 Å². The summed E-state index contributed by atoms with van der Waals surface area (Å²) in [4.78, 5) is -0.423. The van der Waals surface area contributed by atoms with Crippen LogP contribution in [0.5, 0.6) is 0 Å². The predicted octanol–water partition coefficient (Wildman–Crippen LogP) is 2.47. The Morgan fingerprint density at radius 2 is 2.00 bits per heavy atom. The molecule has 0 unspecified atom stereocenters. The summed E-state index contributed by atoms with van der Waals surface area (Å²) in [5.41, 5.74) is 4.56. The van der Waals surface area contributed by atoms with Crippen molar-refractivity contribution in [3.05, 3.63) is 28.8 Å². The van der Waals surface area contributed by atoms with Gasteiger partial charge in [-0.05, 0) is 31.0 Å². The van der Waals surface area contributed by atoms with Crippen LogP contribution in [0.3, 0.4) is 0 Å². The third-order valence-electron chi connectivity index (χ3n) is 3.30. The summed E-state index contributed by atoms with van der Waals surface area (Å²) in [6.45, 7) is 0.353. The van der Waals surface area contributed by atoms with Crippen molar-refractivity contribution in [1.82, 2.24) is 4.31 Å². The first kappa shape index (κ1) is 16.5. The van der Waals surface area contributed by atoms with E-state index >= 15 is 0 Å². The maximum Gasteiger partial charge on any atom is 0.417 e. The summed E-state index contributed by atoms with van der Waals surface area (Å²) < 4.78 is 64.3. The zero-order valence-electron chi connectivity index (χ0n) is 10.9. The number of piperidine rings is 1. The number of hydrogen-bond acceptors (Lipinski definition) is 3. The zero-order chi connectivity index (χ0) is 15.8. The molecule has 0 bridgehead atoms. The molecule has 0 aromatic heterocycles. The fourth-order valence-electron chi connectivity index (χ4n) is 2.22. The van der Waals surface area contributed by atoms with E-state index in [1.807, 2.05) is 0 Å². The van der Waals surface area contributed by atoms with E-state index in [1.54, 1.807) is 0 Å². The number of halogens is 4. The Kier molecular flexibility index (Phi) is 4.53. The van der Waals surface area contributed by atoms with Crippen molar-refractivity contribution in [3.63, 3.8) is 0 Å². The van der Waals surface area contributed by atoms with Gasteiger partial charge in [0.2, 0.25) is 10.0 Å². The lowest BCUT2D eigenvalue weighted by molar-refractivity contribution is -0.137. The molecule has 2 N–H and O–H groups in total. The van der Waals surface area contributed by atoms with E-state index in [-0.39, 0.29) is 19.1 Å². The predicted molar refractivity (Wildman–Crippen MR) is 72.4 cm³/mol. The molecule has 1 aromatic carbocycles. The molecular formula is C12H14ClF3N2O2S. The Hall–Kier alpha value is -0.830. The molecule has 0 aliphatic carbocycles. The smallest absolute Gasteiger partial charge is 0.327 e. The quantitative estimate of drug-likeness (QED) is 0.898. The molecule has 0 saturated carbocycles. The second-order valence-electron chi connectivity index (χ2n) is 4.90. The SMILES string of the molecule is N[C@@H]1CCCN(S(=O)(=O)c2ccc(Cl)c(C(F)(F)F)c2)C1. The maximum absolute atomic E-state index is 12.8. The highest BCUT2D eigenvalue weighted by atomic mass is 35.5.